The summed E-state index contributed by atoms with van der Waals surface area (Å²) in [7, 11) is 0. The Morgan fingerprint density at radius 3 is 2.18 bits per heavy atom. The average molecular weight is 256 g/mol. The van der Waals surface area contributed by atoms with Crippen molar-refractivity contribution in [1.82, 2.24) is 5.32 Å². The highest BCUT2D eigenvalue weighted by Crippen LogP contribution is 2.48. The molecular formula is C13H24N2OS. The van der Waals surface area contributed by atoms with E-state index in [0.717, 1.165) is 13.0 Å². The molecule has 0 bridgehead atoms. The summed E-state index contributed by atoms with van der Waals surface area (Å²) in [6.07, 6.45) is 4.92. The summed E-state index contributed by atoms with van der Waals surface area (Å²) >= 11 is 5.07. The molecule has 1 amide bonds. The second-order valence-corrected chi connectivity index (χ2v) is 5.63. The molecule has 1 aliphatic rings. The molecule has 0 spiro atoms. The summed E-state index contributed by atoms with van der Waals surface area (Å²) < 4.78 is 0. The summed E-state index contributed by atoms with van der Waals surface area (Å²) in [5, 5.41) is 3.05. The molecule has 1 rings (SSSR count). The third kappa shape index (κ3) is 2.79. The fourth-order valence-electron chi connectivity index (χ4n) is 2.30. The zero-order valence-corrected chi connectivity index (χ0v) is 12.0. The van der Waals surface area contributed by atoms with Crippen molar-refractivity contribution in [2.45, 2.75) is 52.9 Å². The van der Waals surface area contributed by atoms with E-state index < -0.39 is 5.41 Å². The fourth-order valence-corrected chi connectivity index (χ4v) is 2.68. The van der Waals surface area contributed by atoms with Crippen LogP contribution in [0.4, 0.5) is 0 Å². The van der Waals surface area contributed by atoms with Gasteiger partial charge in [0.05, 0.1) is 10.4 Å². The standard InChI is InChI=1S/C13H24N2OS/c1-4-12(7-8-12)9-15-11(16)13(5-2,6-3)10(14)17/h4-9H2,1-3H3,(H2,14,17)(H,15,16). The Labute approximate surface area is 110 Å². The Morgan fingerprint density at radius 2 is 1.88 bits per heavy atom. The van der Waals surface area contributed by atoms with Crippen LogP contribution in [-0.4, -0.2) is 17.4 Å². The van der Waals surface area contributed by atoms with Crippen molar-refractivity contribution in [3.8, 4) is 0 Å². The number of hydrogen-bond donors (Lipinski definition) is 2. The van der Waals surface area contributed by atoms with Crippen LogP contribution in [0, 0.1) is 10.8 Å². The van der Waals surface area contributed by atoms with E-state index in [1.54, 1.807) is 0 Å². The minimum atomic E-state index is -0.654. The van der Waals surface area contributed by atoms with Crippen LogP contribution in [0.3, 0.4) is 0 Å². The molecule has 0 aromatic rings. The molecule has 3 nitrogen and oxygen atoms in total. The van der Waals surface area contributed by atoms with Gasteiger partial charge in [0.2, 0.25) is 5.91 Å². The van der Waals surface area contributed by atoms with Crippen LogP contribution in [0.25, 0.3) is 0 Å². The Morgan fingerprint density at radius 1 is 1.35 bits per heavy atom. The molecule has 98 valence electrons. The predicted molar refractivity (Wildman–Crippen MR) is 74.8 cm³/mol. The number of nitrogens with one attached hydrogen (secondary N) is 1. The highest BCUT2D eigenvalue weighted by Gasteiger charge is 2.43. The van der Waals surface area contributed by atoms with Crippen molar-refractivity contribution < 1.29 is 4.79 Å². The normalized spacial score (nSPS) is 17.6. The molecule has 0 aliphatic heterocycles. The van der Waals surface area contributed by atoms with Gasteiger partial charge >= 0.3 is 0 Å². The maximum atomic E-state index is 12.3. The monoisotopic (exact) mass is 256 g/mol. The minimum absolute atomic E-state index is 0.00900. The SMILES string of the molecule is CCC1(CNC(=O)C(CC)(CC)C(N)=S)CC1. The second-order valence-electron chi connectivity index (χ2n) is 5.19. The molecule has 0 saturated heterocycles. The Bertz CT molecular complexity index is 307. The Hall–Kier alpha value is -0.640. The first kappa shape index (κ1) is 14.4. The van der Waals surface area contributed by atoms with E-state index in [9.17, 15) is 4.79 Å². The van der Waals surface area contributed by atoms with E-state index >= 15 is 0 Å². The maximum Gasteiger partial charge on any atom is 0.233 e. The van der Waals surface area contributed by atoms with Crippen molar-refractivity contribution >= 4 is 23.1 Å². The van der Waals surface area contributed by atoms with Crippen molar-refractivity contribution in [1.29, 1.82) is 0 Å². The number of nitrogens with two attached hydrogens (primary N) is 1. The zero-order valence-electron chi connectivity index (χ0n) is 11.1. The van der Waals surface area contributed by atoms with Gasteiger partial charge in [0.25, 0.3) is 0 Å². The highest BCUT2D eigenvalue weighted by atomic mass is 32.1. The largest absolute Gasteiger partial charge is 0.392 e. The lowest BCUT2D eigenvalue weighted by atomic mass is 9.81. The van der Waals surface area contributed by atoms with E-state index in [1.807, 2.05) is 13.8 Å². The van der Waals surface area contributed by atoms with Gasteiger partial charge in [-0.1, -0.05) is 33.0 Å². The first-order chi connectivity index (χ1) is 7.96. The van der Waals surface area contributed by atoms with Crippen molar-refractivity contribution in [2.24, 2.45) is 16.6 Å². The molecule has 0 unspecified atom stereocenters. The zero-order chi connectivity index (χ0) is 13.1. The topological polar surface area (TPSA) is 55.1 Å². The number of rotatable bonds is 7. The van der Waals surface area contributed by atoms with Crippen LogP contribution in [0.5, 0.6) is 0 Å². The first-order valence-electron chi connectivity index (χ1n) is 6.54. The van der Waals surface area contributed by atoms with Crippen LogP contribution in [-0.2, 0) is 4.79 Å². The predicted octanol–water partition coefficient (Wildman–Crippen LogP) is 2.39. The minimum Gasteiger partial charge on any atom is -0.392 e. The van der Waals surface area contributed by atoms with E-state index in [1.165, 1.54) is 12.8 Å². The van der Waals surface area contributed by atoms with Crippen LogP contribution in [0.15, 0.2) is 0 Å². The summed E-state index contributed by atoms with van der Waals surface area (Å²) in [6, 6.07) is 0. The number of thiocarbonyl (C=S) groups is 1. The molecule has 1 saturated carbocycles. The number of hydrogen-bond acceptors (Lipinski definition) is 2. The van der Waals surface area contributed by atoms with Crippen LogP contribution < -0.4 is 11.1 Å². The summed E-state index contributed by atoms with van der Waals surface area (Å²) in [5.74, 6) is 0.00900. The van der Waals surface area contributed by atoms with Gasteiger partial charge in [-0.05, 0) is 37.5 Å². The number of carbonyl (C=O) groups is 1. The highest BCUT2D eigenvalue weighted by molar-refractivity contribution is 7.80. The van der Waals surface area contributed by atoms with Gasteiger partial charge in [-0.15, -0.1) is 0 Å². The van der Waals surface area contributed by atoms with Crippen molar-refractivity contribution in [2.75, 3.05) is 6.54 Å². The molecule has 0 radical (unpaired) electrons. The number of amides is 1. The molecule has 0 aromatic carbocycles. The van der Waals surface area contributed by atoms with Gasteiger partial charge in [-0.25, -0.2) is 0 Å². The quantitative estimate of drug-likeness (QED) is 0.688. The van der Waals surface area contributed by atoms with Gasteiger partial charge in [0, 0.05) is 6.54 Å². The van der Waals surface area contributed by atoms with Gasteiger partial charge < -0.3 is 11.1 Å². The lowest BCUT2D eigenvalue weighted by Crippen LogP contribution is -2.49. The van der Waals surface area contributed by atoms with Crippen LogP contribution in [0.1, 0.15) is 52.9 Å². The van der Waals surface area contributed by atoms with Crippen molar-refractivity contribution in [3.05, 3.63) is 0 Å². The van der Waals surface area contributed by atoms with Gasteiger partial charge in [-0.2, -0.15) is 0 Å². The van der Waals surface area contributed by atoms with Crippen molar-refractivity contribution in [3.63, 3.8) is 0 Å². The van der Waals surface area contributed by atoms with E-state index in [2.05, 4.69) is 12.2 Å². The van der Waals surface area contributed by atoms with Crippen LogP contribution >= 0.6 is 12.2 Å². The van der Waals surface area contributed by atoms with E-state index in [0.29, 0.717) is 23.2 Å². The molecule has 0 aromatic heterocycles. The molecule has 0 atom stereocenters. The lowest BCUT2D eigenvalue weighted by Gasteiger charge is -2.29. The Kier molecular flexibility index (Phi) is 4.53. The molecule has 4 heteroatoms. The molecule has 0 heterocycles. The summed E-state index contributed by atoms with van der Waals surface area (Å²) in [5.41, 5.74) is 5.46. The van der Waals surface area contributed by atoms with E-state index in [4.69, 9.17) is 18.0 Å². The lowest BCUT2D eigenvalue weighted by molar-refractivity contribution is -0.128. The molecule has 17 heavy (non-hydrogen) atoms. The molecule has 1 aliphatic carbocycles. The third-order valence-electron chi connectivity index (χ3n) is 4.44. The second kappa shape index (κ2) is 5.34. The summed E-state index contributed by atoms with van der Waals surface area (Å²) in [6.45, 7) is 6.89. The van der Waals surface area contributed by atoms with Gasteiger partial charge in [0.1, 0.15) is 0 Å². The van der Waals surface area contributed by atoms with Crippen LogP contribution in [0.2, 0.25) is 0 Å². The summed E-state index contributed by atoms with van der Waals surface area (Å²) in [4.78, 5) is 12.6. The van der Waals surface area contributed by atoms with Gasteiger partial charge in [0.15, 0.2) is 0 Å². The molecule has 1 fully saturated rings. The molecular weight excluding hydrogens is 232 g/mol. The van der Waals surface area contributed by atoms with Gasteiger partial charge in [-0.3, -0.25) is 4.79 Å². The molecule has 3 N–H and O–H groups in total. The maximum absolute atomic E-state index is 12.3. The van der Waals surface area contributed by atoms with E-state index in [-0.39, 0.29) is 5.91 Å². The Balaban J connectivity index is 2.63. The smallest absolute Gasteiger partial charge is 0.233 e. The first-order valence-corrected chi connectivity index (χ1v) is 6.95. The average Bonchev–Trinajstić information content (AvgIpc) is 3.09. The fraction of sp³-hybridized carbons (Fsp3) is 0.846. The third-order valence-corrected chi connectivity index (χ3v) is 4.84. The number of carbonyl (C=O) groups excluding carboxylic acids is 1.